The average molecular weight is 692 g/mol. The van der Waals surface area contributed by atoms with E-state index in [2.05, 4.69) is 4.90 Å². The number of carboxylic acids is 1. The zero-order valence-corrected chi connectivity index (χ0v) is 29.0. The maximum absolute atomic E-state index is 14.0. The van der Waals surface area contributed by atoms with Gasteiger partial charge in [-0.05, 0) is 55.4 Å². The summed E-state index contributed by atoms with van der Waals surface area (Å²) in [7, 11) is 1.62. The Bertz CT molecular complexity index is 1790. The molecule has 4 aromatic rings. The van der Waals surface area contributed by atoms with Gasteiger partial charge in [0.05, 0.1) is 37.4 Å². The maximum Gasteiger partial charge on any atom is 0.323 e. The van der Waals surface area contributed by atoms with Gasteiger partial charge in [-0.3, -0.25) is 14.4 Å². The summed E-state index contributed by atoms with van der Waals surface area (Å²) in [6.07, 6.45) is 5.93. The molecule has 0 spiro atoms. The van der Waals surface area contributed by atoms with Crippen LogP contribution >= 0.6 is 0 Å². The number of aryl methyl sites for hydroxylation is 2. The van der Waals surface area contributed by atoms with Gasteiger partial charge in [-0.1, -0.05) is 73.2 Å². The van der Waals surface area contributed by atoms with Crippen LogP contribution in [0.4, 0.5) is 5.95 Å². The number of para-hydroxylation sites is 2. The highest BCUT2D eigenvalue weighted by atomic mass is 16.5. The molecule has 2 aliphatic heterocycles. The van der Waals surface area contributed by atoms with Gasteiger partial charge in [0.15, 0.2) is 0 Å². The molecule has 2 saturated heterocycles. The number of likely N-dealkylation sites (tertiary alicyclic amines) is 1. The van der Waals surface area contributed by atoms with Gasteiger partial charge in [-0.25, -0.2) is 9.97 Å². The number of aromatic nitrogens is 2. The molecular weight excluding hydrogens is 646 g/mol. The van der Waals surface area contributed by atoms with Crippen molar-refractivity contribution in [1.29, 1.82) is 0 Å². The van der Waals surface area contributed by atoms with Crippen LogP contribution in [0.5, 0.6) is 11.5 Å². The largest absolute Gasteiger partial charge is 0.496 e. The van der Waals surface area contributed by atoms with Crippen molar-refractivity contribution in [3.05, 3.63) is 114 Å². The van der Waals surface area contributed by atoms with Crippen LogP contribution in [0.15, 0.2) is 91.1 Å². The summed E-state index contributed by atoms with van der Waals surface area (Å²) in [5.41, 5.74) is 2.81. The number of hydrogen-bond acceptors (Lipinski definition) is 8. The third-order valence-corrected chi connectivity index (χ3v) is 9.73. The number of ether oxygens (including phenoxy) is 2. The Hall–Kier alpha value is -5.45. The van der Waals surface area contributed by atoms with E-state index >= 15 is 0 Å². The van der Waals surface area contributed by atoms with Crippen molar-refractivity contribution in [2.75, 3.05) is 51.3 Å². The average Bonchev–Trinajstić information content (AvgIpc) is 3.47. The molecule has 1 aromatic heterocycles. The second-order valence-corrected chi connectivity index (χ2v) is 13.1. The van der Waals surface area contributed by atoms with Crippen LogP contribution < -0.4 is 14.4 Å². The van der Waals surface area contributed by atoms with Crippen LogP contribution in [0.2, 0.25) is 0 Å². The molecule has 2 fully saturated rings. The van der Waals surface area contributed by atoms with Crippen molar-refractivity contribution < 1.29 is 29.0 Å². The molecule has 0 saturated carbocycles. The Labute approximate surface area is 298 Å². The lowest BCUT2D eigenvalue weighted by atomic mass is 9.98. The fraction of sp³-hybridized carbons (Fsp3) is 0.375. The van der Waals surface area contributed by atoms with Gasteiger partial charge >= 0.3 is 5.97 Å². The predicted molar refractivity (Wildman–Crippen MR) is 193 cm³/mol. The van der Waals surface area contributed by atoms with Gasteiger partial charge in [-0.15, -0.1) is 0 Å². The second kappa shape index (κ2) is 17.0. The number of rotatable bonds is 14. The van der Waals surface area contributed by atoms with Gasteiger partial charge < -0.3 is 29.3 Å². The van der Waals surface area contributed by atoms with Crippen molar-refractivity contribution in [3.63, 3.8) is 0 Å². The molecular formula is C40H45N5O6. The van der Waals surface area contributed by atoms with E-state index in [-0.39, 0.29) is 43.0 Å². The van der Waals surface area contributed by atoms with Gasteiger partial charge in [0.25, 0.3) is 5.91 Å². The lowest BCUT2D eigenvalue weighted by Gasteiger charge is -2.30. The second-order valence-electron chi connectivity index (χ2n) is 13.1. The van der Waals surface area contributed by atoms with Gasteiger partial charge in [0.1, 0.15) is 24.7 Å². The van der Waals surface area contributed by atoms with E-state index in [0.29, 0.717) is 55.6 Å². The molecule has 3 heterocycles. The molecule has 0 radical (unpaired) electrons. The minimum Gasteiger partial charge on any atom is -0.496 e. The molecule has 11 nitrogen and oxygen atoms in total. The summed E-state index contributed by atoms with van der Waals surface area (Å²) in [6.45, 7) is 1.72. The minimum absolute atomic E-state index is 0.0167. The first-order valence-electron chi connectivity index (χ1n) is 17.6. The number of anilines is 1. The third kappa shape index (κ3) is 9.02. The normalized spacial score (nSPS) is 17.0. The Morgan fingerprint density at radius 1 is 0.922 bits per heavy atom. The first kappa shape index (κ1) is 35.4. The van der Waals surface area contributed by atoms with Crippen molar-refractivity contribution >= 4 is 23.7 Å². The molecule has 266 valence electrons. The molecule has 0 unspecified atom stereocenters. The van der Waals surface area contributed by atoms with E-state index in [0.717, 1.165) is 30.4 Å². The van der Waals surface area contributed by atoms with Gasteiger partial charge in [-0.2, -0.15) is 0 Å². The lowest BCUT2D eigenvalue weighted by Crippen LogP contribution is -2.45. The van der Waals surface area contributed by atoms with Crippen molar-refractivity contribution in [2.24, 2.45) is 5.92 Å². The van der Waals surface area contributed by atoms with Crippen LogP contribution in [0.3, 0.4) is 0 Å². The smallest absolute Gasteiger partial charge is 0.323 e. The number of hydrogen-bond donors (Lipinski definition) is 1. The summed E-state index contributed by atoms with van der Waals surface area (Å²) >= 11 is 0. The Balaban J connectivity index is 1.23. The third-order valence-electron chi connectivity index (χ3n) is 9.73. The summed E-state index contributed by atoms with van der Waals surface area (Å²) in [6, 6.07) is 26.8. The quantitative estimate of drug-likeness (QED) is 0.196. The van der Waals surface area contributed by atoms with E-state index in [1.54, 1.807) is 7.11 Å². The monoisotopic (exact) mass is 691 g/mol. The first-order chi connectivity index (χ1) is 24.9. The Morgan fingerprint density at radius 3 is 2.43 bits per heavy atom. The SMILES string of the molecule is COc1ccccc1CC(=O)N1CCCC[C@@H]2CN(c3ncc(C(=O)N(CCOc4ccccc4)CC(=O)O)c(CCc4ccccc4)n3)C[C@H]21. The van der Waals surface area contributed by atoms with E-state index in [9.17, 15) is 19.5 Å². The molecule has 11 heteroatoms. The van der Waals surface area contributed by atoms with Crippen LogP contribution in [0.1, 0.15) is 46.4 Å². The van der Waals surface area contributed by atoms with Gasteiger partial charge in [0.2, 0.25) is 11.9 Å². The standard InChI is InChI=1S/C40H45N5O6/c1-50-36-18-9-8-14-30(36)24-37(46)45-21-11-10-15-31-26-44(27-35(31)45)40-41-25-33(34(42-40)20-19-29-12-4-2-5-13-29)39(49)43(28-38(47)48)22-23-51-32-16-6-3-7-17-32/h2-9,12-14,16-18,25,31,35H,10-11,15,19-24,26-28H2,1H3,(H,47,48)/t31-,35-/m1/s1. The number of carbonyl (C=O) groups is 3. The fourth-order valence-electron chi connectivity index (χ4n) is 7.14. The molecule has 2 atom stereocenters. The van der Waals surface area contributed by atoms with Gasteiger partial charge in [0, 0.05) is 31.4 Å². The summed E-state index contributed by atoms with van der Waals surface area (Å²) in [5, 5.41) is 9.69. The highest BCUT2D eigenvalue weighted by Crippen LogP contribution is 2.33. The van der Waals surface area contributed by atoms with Crippen LogP contribution in [0.25, 0.3) is 0 Å². The zero-order valence-electron chi connectivity index (χ0n) is 29.0. The molecule has 0 bridgehead atoms. The van der Waals surface area contributed by atoms with Crippen LogP contribution in [-0.2, 0) is 28.9 Å². The number of methoxy groups -OCH3 is 1. The number of fused-ring (bicyclic) bond motifs is 1. The minimum atomic E-state index is -1.12. The first-order valence-corrected chi connectivity index (χ1v) is 17.6. The molecule has 2 aliphatic rings. The topological polar surface area (TPSA) is 125 Å². The predicted octanol–water partition coefficient (Wildman–Crippen LogP) is 4.94. The molecule has 51 heavy (non-hydrogen) atoms. The molecule has 1 N–H and O–H groups in total. The van der Waals surface area contributed by atoms with E-state index in [4.69, 9.17) is 19.4 Å². The van der Waals surface area contributed by atoms with Crippen molar-refractivity contribution in [2.45, 2.75) is 44.6 Å². The zero-order chi connectivity index (χ0) is 35.6. The number of carbonyl (C=O) groups excluding carboxylic acids is 2. The van der Waals surface area contributed by atoms with Crippen molar-refractivity contribution in [3.8, 4) is 11.5 Å². The van der Waals surface area contributed by atoms with Crippen LogP contribution in [0, 0.1) is 5.92 Å². The maximum atomic E-state index is 14.0. The van der Waals surface area contributed by atoms with E-state index in [1.807, 2.05) is 89.8 Å². The van der Waals surface area contributed by atoms with E-state index in [1.165, 1.54) is 11.1 Å². The summed E-state index contributed by atoms with van der Waals surface area (Å²) in [4.78, 5) is 54.8. The number of carboxylic acid groups (broad SMARTS) is 1. The number of nitrogens with zero attached hydrogens (tertiary/aromatic N) is 5. The number of aliphatic carboxylic acids is 1. The summed E-state index contributed by atoms with van der Waals surface area (Å²) in [5.74, 6) is 0.633. The lowest BCUT2D eigenvalue weighted by molar-refractivity contribution is -0.138. The van der Waals surface area contributed by atoms with Crippen LogP contribution in [-0.4, -0.2) is 95.1 Å². The molecule has 3 aromatic carbocycles. The molecule has 0 aliphatic carbocycles. The molecule has 6 rings (SSSR count). The Morgan fingerprint density at radius 2 is 1.67 bits per heavy atom. The highest BCUT2D eigenvalue weighted by Gasteiger charge is 2.41. The highest BCUT2D eigenvalue weighted by molar-refractivity contribution is 5.96. The van der Waals surface area contributed by atoms with Crippen molar-refractivity contribution in [1.82, 2.24) is 19.8 Å². The summed E-state index contributed by atoms with van der Waals surface area (Å²) < 4.78 is 11.3. The fourth-order valence-corrected chi connectivity index (χ4v) is 7.14. The number of amides is 2. The Kier molecular flexibility index (Phi) is 11.8. The van der Waals surface area contributed by atoms with E-state index < -0.39 is 18.4 Å². The molecule has 2 amide bonds. The number of benzene rings is 3.